The van der Waals surface area contributed by atoms with Crippen LogP contribution in [-0.2, 0) is 0 Å². The Balaban J connectivity index is 3.34. The van der Waals surface area contributed by atoms with Gasteiger partial charge in [0.15, 0.2) is 0 Å². The fourth-order valence-electron chi connectivity index (χ4n) is 1.46. The van der Waals surface area contributed by atoms with Crippen molar-refractivity contribution in [2.24, 2.45) is 0 Å². The number of aromatic nitrogens is 1. The van der Waals surface area contributed by atoms with Crippen LogP contribution in [0.4, 0.5) is 5.82 Å². The Labute approximate surface area is 91.4 Å². The highest BCUT2D eigenvalue weighted by Gasteiger charge is 2.14. The third kappa shape index (κ3) is 2.27. The molecule has 1 aromatic rings. The molecular formula is C12H17N3. The van der Waals surface area contributed by atoms with Crippen LogP contribution in [0.5, 0.6) is 0 Å². The van der Waals surface area contributed by atoms with Crippen LogP contribution in [0, 0.1) is 25.2 Å². The predicted octanol–water partition coefficient (Wildman–Crippen LogP) is 2.41. The third-order valence-corrected chi connectivity index (χ3v) is 2.55. The number of hydrogen-bond acceptors (Lipinski definition) is 3. The number of hydrogen-bond donors (Lipinski definition) is 0. The molecule has 3 heteroatoms. The van der Waals surface area contributed by atoms with Crippen molar-refractivity contribution in [3.8, 4) is 6.07 Å². The van der Waals surface area contributed by atoms with E-state index in [-0.39, 0.29) is 0 Å². The molecule has 0 aromatic carbocycles. The quantitative estimate of drug-likeness (QED) is 0.741. The van der Waals surface area contributed by atoms with Gasteiger partial charge in [-0.1, -0.05) is 0 Å². The lowest BCUT2D eigenvalue weighted by molar-refractivity contribution is 0.740. The van der Waals surface area contributed by atoms with E-state index >= 15 is 0 Å². The molecule has 0 saturated carbocycles. The second kappa shape index (κ2) is 4.31. The Bertz CT molecular complexity index is 402. The van der Waals surface area contributed by atoms with Gasteiger partial charge in [0.2, 0.25) is 0 Å². The monoisotopic (exact) mass is 203 g/mol. The maximum atomic E-state index is 9.10. The van der Waals surface area contributed by atoms with Crippen molar-refractivity contribution in [1.29, 1.82) is 5.26 Å². The molecule has 80 valence electrons. The Kier molecular flexibility index (Phi) is 3.31. The second-order valence-corrected chi connectivity index (χ2v) is 4.10. The third-order valence-electron chi connectivity index (χ3n) is 2.55. The summed E-state index contributed by atoms with van der Waals surface area (Å²) >= 11 is 0. The van der Waals surface area contributed by atoms with Crippen molar-refractivity contribution in [3.05, 3.63) is 22.9 Å². The van der Waals surface area contributed by atoms with Gasteiger partial charge in [0.05, 0.1) is 5.56 Å². The average Bonchev–Trinajstić information content (AvgIpc) is 2.15. The second-order valence-electron chi connectivity index (χ2n) is 4.10. The van der Waals surface area contributed by atoms with Gasteiger partial charge in [-0.15, -0.1) is 0 Å². The van der Waals surface area contributed by atoms with E-state index in [9.17, 15) is 0 Å². The summed E-state index contributed by atoms with van der Waals surface area (Å²) in [5.41, 5.74) is 2.62. The fraction of sp³-hybridized carbons (Fsp3) is 0.500. The Morgan fingerprint density at radius 1 is 1.40 bits per heavy atom. The molecular weight excluding hydrogens is 186 g/mol. The van der Waals surface area contributed by atoms with Crippen molar-refractivity contribution < 1.29 is 0 Å². The topological polar surface area (TPSA) is 39.9 Å². The zero-order valence-electron chi connectivity index (χ0n) is 10.00. The van der Waals surface area contributed by atoms with E-state index in [1.807, 2.05) is 31.9 Å². The number of pyridine rings is 1. The van der Waals surface area contributed by atoms with Crippen LogP contribution in [0.25, 0.3) is 0 Å². The molecule has 0 aliphatic carbocycles. The maximum Gasteiger partial charge on any atom is 0.147 e. The van der Waals surface area contributed by atoms with Crippen molar-refractivity contribution in [1.82, 2.24) is 4.98 Å². The molecule has 3 nitrogen and oxygen atoms in total. The summed E-state index contributed by atoms with van der Waals surface area (Å²) in [7, 11) is 1.96. The van der Waals surface area contributed by atoms with Crippen LogP contribution in [0.15, 0.2) is 6.07 Å². The van der Waals surface area contributed by atoms with E-state index in [4.69, 9.17) is 5.26 Å². The first-order valence-corrected chi connectivity index (χ1v) is 5.08. The molecule has 0 bridgehead atoms. The highest BCUT2D eigenvalue weighted by atomic mass is 15.2. The number of rotatable bonds is 2. The Morgan fingerprint density at radius 3 is 2.47 bits per heavy atom. The number of nitriles is 1. The lowest BCUT2D eigenvalue weighted by atomic mass is 10.1. The zero-order valence-corrected chi connectivity index (χ0v) is 10.00. The minimum Gasteiger partial charge on any atom is -0.356 e. The molecule has 1 heterocycles. The van der Waals surface area contributed by atoms with Crippen LogP contribution in [0.2, 0.25) is 0 Å². The lowest BCUT2D eigenvalue weighted by Crippen LogP contribution is -2.27. The van der Waals surface area contributed by atoms with Gasteiger partial charge in [0, 0.05) is 18.8 Å². The molecule has 0 fully saturated rings. The van der Waals surface area contributed by atoms with Gasteiger partial charge in [-0.25, -0.2) is 4.98 Å². The van der Waals surface area contributed by atoms with Crippen molar-refractivity contribution in [2.75, 3.05) is 11.9 Å². The summed E-state index contributed by atoms with van der Waals surface area (Å²) in [6.45, 7) is 8.07. The average molecular weight is 203 g/mol. The molecule has 1 rings (SSSR count). The molecule has 0 spiro atoms. The Morgan fingerprint density at radius 2 is 2.00 bits per heavy atom. The molecule has 0 atom stereocenters. The molecule has 0 amide bonds. The van der Waals surface area contributed by atoms with Crippen molar-refractivity contribution >= 4 is 5.82 Å². The molecule has 0 N–H and O–H groups in total. The van der Waals surface area contributed by atoms with Crippen molar-refractivity contribution in [3.63, 3.8) is 0 Å². The molecule has 0 saturated heterocycles. The van der Waals surface area contributed by atoms with E-state index in [1.54, 1.807) is 0 Å². The van der Waals surface area contributed by atoms with E-state index in [1.165, 1.54) is 0 Å². The van der Waals surface area contributed by atoms with Gasteiger partial charge >= 0.3 is 0 Å². The van der Waals surface area contributed by atoms with Crippen molar-refractivity contribution in [2.45, 2.75) is 33.7 Å². The van der Waals surface area contributed by atoms with E-state index < -0.39 is 0 Å². The van der Waals surface area contributed by atoms with Gasteiger partial charge in [-0.2, -0.15) is 5.26 Å². The van der Waals surface area contributed by atoms with Gasteiger partial charge < -0.3 is 4.90 Å². The molecule has 0 aliphatic rings. The number of aryl methyl sites for hydroxylation is 2. The van der Waals surface area contributed by atoms with E-state index in [2.05, 4.69) is 24.9 Å². The van der Waals surface area contributed by atoms with E-state index in [0.29, 0.717) is 11.6 Å². The Hall–Kier alpha value is -1.56. The minimum absolute atomic E-state index is 0.339. The normalized spacial score (nSPS) is 10.2. The van der Waals surface area contributed by atoms with Gasteiger partial charge in [0.25, 0.3) is 0 Å². The van der Waals surface area contributed by atoms with Crippen LogP contribution in [0.1, 0.15) is 30.7 Å². The molecule has 1 aromatic heterocycles. The summed E-state index contributed by atoms with van der Waals surface area (Å²) in [4.78, 5) is 6.46. The predicted molar refractivity (Wildman–Crippen MR) is 62.0 cm³/mol. The molecule has 0 unspecified atom stereocenters. The minimum atomic E-state index is 0.339. The van der Waals surface area contributed by atoms with Crippen LogP contribution >= 0.6 is 0 Å². The molecule has 15 heavy (non-hydrogen) atoms. The summed E-state index contributed by atoms with van der Waals surface area (Å²) in [6.07, 6.45) is 0. The first-order valence-electron chi connectivity index (χ1n) is 5.08. The lowest BCUT2D eigenvalue weighted by Gasteiger charge is -2.24. The van der Waals surface area contributed by atoms with Gasteiger partial charge in [-0.3, -0.25) is 0 Å². The summed E-state index contributed by atoms with van der Waals surface area (Å²) in [5, 5.41) is 9.10. The standard InChI is InChI=1S/C12H17N3/c1-8(2)15(5)12-11(7-13)9(3)6-10(4)14-12/h6,8H,1-5H3. The van der Waals surface area contributed by atoms with Crippen LogP contribution in [0.3, 0.4) is 0 Å². The van der Waals surface area contributed by atoms with Crippen LogP contribution in [-0.4, -0.2) is 18.1 Å². The molecule has 0 radical (unpaired) electrons. The first-order chi connectivity index (χ1) is 6.97. The van der Waals surface area contributed by atoms with Gasteiger partial charge in [-0.05, 0) is 39.3 Å². The summed E-state index contributed by atoms with van der Waals surface area (Å²) in [5.74, 6) is 0.782. The van der Waals surface area contributed by atoms with E-state index in [0.717, 1.165) is 17.1 Å². The maximum absolute atomic E-state index is 9.10. The summed E-state index contributed by atoms with van der Waals surface area (Å²) in [6, 6.07) is 4.50. The smallest absolute Gasteiger partial charge is 0.147 e. The first kappa shape index (κ1) is 11.5. The van der Waals surface area contributed by atoms with Crippen LogP contribution < -0.4 is 4.90 Å². The van der Waals surface area contributed by atoms with Gasteiger partial charge in [0.1, 0.15) is 11.9 Å². The zero-order chi connectivity index (χ0) is 11.6. The largest absolute Gasteiger partial charge is 0.356 e. The number of nitrogens with zero attached hydrogens (tertiary/aromatic N) is 3. The number of anilines is 1. The highest BCUT2D eigenvalue weighted by Crippen LogP contribution is 2.21. The summed E-state index contributed by atoms with van der Waals surface area (Å²) < 4.78 is 0. The SMILES string of the molecule is Cc1cc(C)c(C#N)c(N(C)C(C)C)n1. The molecule has 0 aliphatic heterocycles. The fourth-order valence-corrected chi connectivity index (χ4v) is 1.46. The highest BCUT2D eigenvalue weighted by molar-refractivity contribution is 5.58.